The van der Waals surface area contributed by atoms with Gasteiger partial charge in [0.25, 0.3) is 11.5 Å². The molecule has 152 valence electrons. The Balaban J connectivity index is 1.86. The van der Waals surface area contributed by atoms with E-state index in [1.54, 1.807) is 31.2 Å². The number of alkyl halides is 2. The zero-order chi connectivity index (χ0) is 21.0. The average Bonchev–Trinajstić information content (AvgIpc) is 2.71. The highest BCUT2D eigenvalue weighted by atomic mass is 19.3. The Morgan fingerprint density at radius 2 is 1.97 bits per heavy atom. The number of fused-ring (bicyclic) bond motifs is 1. The van der Waals surface area contributed by atoms with Gasteiger partial charge in [0.1, 0.15) is 5.82 Å². The number of halogens is 2. The molecule has 1 N–H and O–H groups in total. The number of benzene rings is 2. The fraction of sp³-hybridized carbons (Fsp3) is 0.250. The Hall–Kier alpha value is -3.49. The van der Waals surface area contributed by atoms with Crippen LogP contribution in [0.15, 0.2) is 47.3 Å². The summed E-state index contributed by atoms with van der Waals surface area (Å²) in [4.78, 5) is 33.7. The molecule has 0 bridgehead atoms. The van der Waals surface area contributed by atoms with Crippen LogP contribution >= 0.6 is 0 Å². The molecule has 0 fully saturated rings. The van der Waals surface area contributed by atoms with E-state index in [-0.39, 0.29) is 35.1 Å². The molecule has 3 rings (SSSR count). The first-order valence-electron chi connectivity index (χ1n) is 8.83. The van der Waals surface area contributed by atoms with Crippen molar-refractivity contribution in [2.45, 2.75) is 20.1 Å². The lowest BCUT2D eigenvalue weighted by Crippen LogP contribution is -2.32. The van der Waals surface area contributed by atoms with Crippen molar-refractivity contribution in [2.24, 2.45) is 0 Å². The summed E-state index contributed by atoms with van der Waals surface area (Å²) in [5.41, 5.74) is 0.475. The number of methoxy groups -OCH3 is 1. The molecule has 29 heavy (non-hydrogen) atoms. The molecule has 1 amide bonds. The summed E-state index contributed by atoms with van der Waals surface area (Å²) in [6, 6.07) is 10.9. The average molecular weight is 403 g/mol. The number of carbonyl (C=O) groups excluding carboxylic acids is 1. The Morgan fingerprint density at radius 3 is 2.66 bits per heavy atom. The van der Waals surface area contributed by atoms with Gasteiger partial charge in [-0.15, -0.1) is 0 Å². The van der Waals surface area contributed by atoms with E-state index in [1.807, 2.05) is 0 Å². The number of aromatic amines is 1. The highest BCUT2D eigenvalue weighted by Crippen LogP contribution is 2.30. The summed E-state index contributed by atoms with van der Waals surface area (Å²) in [5.74, 6) is -0.175. The van der Waals surface area contributed by atoms with Gasteiger partial charge in [-0.25, -0.2) is 4.98 Å². The lowest BCUT2D eigenvalue weighted by atomic mass is 10.1. The minimum absolute atomic E-state index is 0.0180. The molecule has 1 aromatic heterocycles. The minimum atomic E-state index is -3.01. The second kappa shape index (κ2) is 8.68. The van der Waals surface area contributed by atoms with Gasteiger partial charge in [-0.3, -0.25) is 9.59 Å². The molecule has 1 heterocycles. The Morgan fingerprint density at radius 1 is 1.21 bits per heavy atom. The quantitative estimate of drug-likeness (QED) is 0.655. The molecule has 0 spiro atoms. The molecular formula is C20H19F2N3O4. The largest absolute Gasteiger partial charge is 0.493 e. The van der Waals surface area contributed by atoms with Crippen LogP contribution in [-0.4, -0.2) is 41.0 Å². The van der Waals surface area contributed by atoms with Gasteiger partial charge >= 0.3 is 6.61 Å². The lowest BCUT2D eigenvalue weighted by molar-refractivity contribution is -0.0512. The van der Waals surface area contributed by atoms with Crippen molar-refractivity contribution in [3.8, 4) is 11.5 Å². The van der Waals surface area contributed by atoms with Gasteiger partial charge in [-0.05, 0) is 37.3 Å². The summed E-state index contributed by atoms with van der Waals surface area (Å²) in [6.45, 7) is -0.809. The summed E-state index contributed by atoms with van der Waals surface area (Å²) < 4.78 is 34.4. The maximum absolute atomic E-state index is 12.9. The first-order valence-corrected chi connectivity index (χ1v) is 8.83. The van der Waals surface area contributed by atoms with E-state index in [0.29, 0.717) is 23.3 Å². The van der Waals surface area contributed by atoms with Crippen LogP contribution in [0.25, 0.3) is 10.9 Å². The van der Waals surface area contributed by atoms with Crippen LogP contribution in [0.2, 0.25) is 0 Å². The van der Waals surface area contributed by atoms with Crippen molar-refractivity contribution in [3.05, 3.63) is 64.2 Å². The molecule has 0 aliphatic heterocycles. The second-order valence-corrected chi connectivity index (χ2v) is 6.09. The highest BCUT2D eigenvalue weighted by molar-refractivity contribution is 5.95. The van der Waals surface area contributed by atoms with Crippen molar-refractivity contribution in [2.75, 3.05) is 13.7 Å². The number of nitrogens with one attached hydrogen (secondary N) is 1. The summed E-state index contributed by atoms with van der Waals surface area (Å²) in [5, 5.41) is 0.463. The molecule has 2 aromatic carbocycles. The second-order valence-electron chi connectivity index (χ2n) is 6.09. The molecule has 0 atom stereocenters. The molecule has 9 heteroatoms. The lowest BCUT2D eigenvalue weighted by Gasteiger charge is -2.21. The van der Waals surface area contributed by atoms with Crippen molar-refractivity contribution < 1.29 is 23.0 Å². The molecule has 0 saturated heterocycles. The van der Waals surface area contributed by atoms with Gasteiger partial charge in [0, 0.05) is 12.1 Å². The molecule has 0 aliphatic carbocycles. The Kier molecular flexibility index (Phi) is 6.06. The predicted molar refractivity (Wildman–Crippen MR) is 102 cm³/mol. The molecule has 0 saturated carbocycles. The smallest absolute Gasteiger partial charge is 0.387 e. The predicted octanol–water partition coefficient (Wildman–Crippen LogP) is 3.20. The number of nitrogens with zero attached hydrogens (tertiary/aromatic N) is 2. The van der Waals surface area contributed by atoms with Crippen LogP contribution in [0.5, 0.6) is 11.5 Å². The Bertz CT molecular complexity index is 1080. The van der Waals surface area contributed by atoms with Gasteiger partial charge in [-0.1, -0.05) is 12.1 Å². The van der Waals surface area contributed by atoms with Gasteiger partial charge in [0.2, 0.25) is 0 Å². The fourth-order valence-electron chi connectivity index (χ4n) is 2.89. The zero-order valence-electron chi connectivity index (χ0n) is 15.8. The minimum Gasteiger partial charge on any atom is -0.493 e. The van der Waals surface area contributed by atoms with E-state index in [4.69, 9.17) is 4.74 Å². The number of ether oxygens (including phenoxy) is 2. The molecule has 0 aliphatic rings. The van der Waals surface area contributed by atoms with Crippen LogP contribution in [0, 0.1) is 0 Å². The summed E-state index contributed by atoms with van der Waals surface area (Å²) in [7, 11) is 1.29. The van der Waals surface area contributed by atoms with E-state index in [0.717, 1.165) is 0 Å². The zero-order valence-corrected chi connectivity index (χ0v) is 15.8. The van der Waals surface area contributed by atoms with Crippen molar-refractivity contribution in [1.82, 2.24) is 14.9 Å². The van der Waals surface area contributed by atoms with Gasteiger partial charge < -0.3 is 19.4 Å². The molecule has 0 radical (unpaired) electrons. The van der Waals surface area contributed by atoms with Crippen molar-refractivity contribution >= 4 is 16.8 Å². The van der Waals surface area contributed by atoms with E-state index < -0.39 is 6.61 Å². The van der Waals surface area contributed by atoms with Crippen molar-refractivity contribution in [3.63, 3.8) is 0 Å². The number of rotatable bonds is 7. The highest BCUT2D eigenvalue weighted by Gasteiger charge is 2.19. The third-order valence-corrected chi connectivity index (χ3v) is 4.30. The number of H-pyrrole nitrogens is 1. The van der Waals surface area contributed by atoms with Crippen LogP contribution in [0.3, 0.4) is 0 Å². The van der Waals surface area contributed by atoms with Crippen LogP contribution in [-0.2, 0) is 6.54 Å². The van der Waals surface area contributed by atoms with Crippen LogP contribution < -0.4 is 15.0 Å². The number of hydrogen-bond donors (Lipinski definition) is 1. The molecular weight excluding hydrogens is 384 g/mol. The van der Waals surface area contributed by atoms with Gasteiger partial charge in [-0.2, -0.15) is 8.78 Å². The normalized spacial score (nSPS) is 10.9. The standard InChI is InChI=1S/C20H19F2N3O4/c1-3-25(11-17-23-14-7-5-4-6-13(14)18(26)24-17)19(27)12-8-9-15(29-20(21)22)16(10-12)28-2/h4-10,20H,3,11H2,1-2H3,(H,23,24,26). The van der Waals surface area contributed by atoms with Gasteiger partial charge in [0.15, 0.2) is 11.5 Å². The monoisotopic (exact) mass is 403 g/mol. The number of para-hydroxylation sites is 1. The number of hydrogen-bond acceptors (Lipinski definition) is 5. The maximum Gasteiger partial charge on any atom is 0.387 e. The molecule has 0 unspecified atom stereocenters. The van der Waals surface area contributed by atoms with Gasteiger partial charge in [0.05, 0.1) is 24.6 Å². The summed E-state index contributed by atoms with van der Waals surface area (Å²) in [6.07, 6.45) is 0. The molecule has 7 nitrogen and oxygen atoms in total. The fourth-order valence-corrected chi connectivity index (χ4v) is 2.89. The van der Waals surface area contributed by atoms with E-state index in [9.17, 15) is 18.4 Å². The topological polar surface area (TPSA) is 84.5 Å². The first-order chi connectivity index (χ1) is 13.9. The van der Waals surface area contributed by atoms with E-state index >= 15 is 0 Å². The molecule has 3 aromatic rings. The SMILES string of the molecule is CCN(Cc1nc2ccccc2c(=O)[nH]1)C(=O)c1ccc(OC(F)F)c(OC)c1. The van der Waals surface area contributed by atoms with E-state index in [1.165, 1.54) is 30.2 Å². The first kappa shape index (κ1) is 20.2. The van der Waals surface area contributed by atoms with Crippen molar-refractivity contribution in [1.29, 1.82) is 0 Å². The van der Waals surface area contributed by atoms with Crippen LogP contribution in [0.1, 0.15) is 23.1 Å². The third kappa shape index (κ3) is 4.50. The van der Waals surface area contributed by atoms with E-state index in [2.05, 4.69) is 14.7 Å². The maximum atomic E-state index is 12.9. The number of amides is 1. The third-order valence-electron chi connectivity index (χ3n) is 4.30. The number of aromatic nitrogens is 2. The summed E-state index contributed by atoms with van der Waals surface area (Å²) >= 11 is 0. The Labute approximate surface area is 164 Å². The number of carbonyl (C=O) groups is 1. The van der Waals surface area contributed by atoms with Crippen LogP contribution in [0.4, 0.5) is 8.78 Å².